The van der Waals surface area contributed by atoms with E-state index in [2.05, 4.69) is 27.4 Å². The highest BCUT2D eigenvalue weighted by molar-refractivity contribution is 7.99. The van der Waals surface area contributed by atoms with Crippen molar-refractivity contribution in [1.82, 2.24) is 19.4 Å². The van der Waals surface area contributed by atoms with Crippen LogP contribution in [0.3, 0.4) is 0 Å². The fourth-order valence-corrected chi connectivity index (χ4v) is 6.81. The number of nitrogens with one attached hydrogen (secondary N) is 1. The van der Waals surface area contributed by atoms with Crippen LogP contribution in [-0.4, -0.2) is 72.5 Å². The molecule has 5 rings (SSSR count). The Kier molecular flexibility index (Phi) is 9.76. The lowest BCUT2D eigenvalue weighted by molar-refractivity contribution is -0.142. The van der Waals surface area contributed by atoms with Crippen LogP contribution >= 0.6 is 11.8 Å². The van der Waals surface area contributed by atoms with E-state index in [4.69, 9.17) is 5.73 Å². The number of amides is 3. The van der Waals surface area contributed by atoms with Crippen LogP contribution in [-0.2, 0) is 20.9 Å². The summed E-state index contributed by atoms with van der Waals surface area (Å²) in [5, 5.41) is 14.1. The summed E-state index contributed by atoms with van der Waals surface area (Å²) in [4.78, 5) is 60.6. The van der Waals surface area contributed by atoms with Crippen LogP contribution < -0.4 is 16.6 Å². The van der Waals surface area contributed by atoms with E-state index in [9.17, 15) is 24.3 Å². The molecule has 3 heterocycles. The van der Waals surface area contributed by atoms with Crippen LogP contribution in [0.1, 0.15) is 56.4 Å². The zero-order valence-corrected chi connectivity index (χ0v) is 24.9. The monoisotopic (exact) mass is 606 g/mol. The number of pyridine rings is 1. The van der Waals surface area contributed by atoms with Crippen LogP contribution in [0.5, 0.6) is 0 Å². The smallest absolute Gasteiger partial charge is 0.280 e. The zero-order chi connectivity index (χ0) is 30.4. The Morgan fingerprint density at radius 1 is 1.07 bits per heavy atom. The number of aromatic nitrogens is 3. The molecule has 1 saturated heterocycles. The van der Waals surface area contributed by atoms with Gasteiger partial charge in [0.25, 0.3) is 5.56 Å². The van der Waals surface area contributed by atoms with Crippen LogP contribution in [0.15, 0.2) is 53.6 Å². The Hall–Kier alpha value is -3.77. The van der Waals surface area contributed by atoms with Gasteiger partial charge in [0.15, 0.2) is 5.52 Å². The molecule has 2 fully saturated rings. The van der Waals surface area contributed by atoms with Gasteiger partial charge in [-0.3, -0.25) is 23.7 Å². The predicted molar refractivity (Wildman–Crippen MR) is 165 cm³/mol. The Morgan fingerprint density at radius 2 is 1.81 bits per heavy atom. The van der Waals surface area contributed by atoms with Crippen molar-refractivity contribution >= 4 is 46.3 Å². The molecule has 12 heteroatoms. The molecule has 2 aliphatic rings. The van der Waals surface area contributed by atoms with Crippen LogP contribution in [0, 0.1) is 5.92 Å². The molecule has 1 aliphatic heterocycles. The van der Waals surface area contributed by atoms with Gasteiger partial charge in [0.1, 0.15) is 5.82 Å². The van der Waals surface area contributed by atoms with Crippen molar-refractivity contribution in [3.63, 3.8) is 0 Å². The molecule has 2 aromatic heterocycles. The predicted octanol–water partition coefficient (Wildman–Crippen LogP) is 2.67. The molecule has 1 saturated carbocycles. The first kappa shape index (κ1) is 30.7. The SMILES string of the molecule is NC(=O)CSCCC(=O)Nc1ccc2ncn(CC3(O)CCN(C(=O)[C@H]4CCCC[C@@H]4c4ccccc4)CC3)c(=O)c2n1. The number of hydrogen-bond acceptors (Lipinski definition) is 8. The minimum Gasteiger partial charge on any atom is -0.388 e. The number of aliphatic hydroxyl groups is 1. The Labute approximate surface area is 254 Å². The summed E-state index contributed by atoms with van der Waals surface area (Å²) in [6.07, 6.45) is 6.32. The summed E-state index contributed by atoms with van der Waals surface area (Å²) in [6.45, 7) is 0.882. The molecule has 4 N–H and O–H groups in total. The number of likely N-dealkylation sites (tertiary alicyclic amines) is 1. The van der Waals surface area contributed by atoms with Gasteiger partial charge < -0.3 is 21.1 Å². The number of hydrogen-bond donors (Lipinski definition) is 3. The standard InChI is InChI=1S/C31H38N6O5S/c32-25(38)18-43-17-12-27(39)34-26-11-10-24-28(35-26)30(41)37(20-33-24)19-31(42)13-15-36(16-14-31)29(40)23-9-5-4-8-22(23)21-6-2-1-3-7-21/h1-3,6-7,10-11,20,22-23,42H,4-5,8-9,12-19H2,(H2,32,38)(H,34,35,39)/t22-,23+/m1/s1. The number of carbonyl (C=O) groups is 3. The molecule has 1 aromatic carbocycles. The first-order chi connectivity index (χ1) is 20.7. The maximum atomic E-state index is 13.6. The fourth-order valence-electron chi connectivity index (χ4n) is 6.14. The third-order valence-electron chi connectivity index (χ3n) is 8.44. The van der Waals surface area contributed by atoms with Gasteiger partial charge in [0.05, 0.1) is 29.7 Å². The number of thioether (sulfide) groups is 1. The average molecular weight is 607 g/mol. The number of rotatable bonds is 10. The molecule has 11 nitrogen and oxygen atoms in total. The van der Waals surface area contributed by atoms with Gasteiger partial charge in [-0.15, -0.1) is 0 Å². The highest BCUT2D eigenvalue weighted by Gasteiger charge is 2.39. The molecule has 43 heavy (non-hydrogen) atoms. The summed E-state index contributed by atoms with van der Waals surface area (Å²) < 4.78 is 1.35. The Balaban J connectivity index is 1.21. The quantitative estimate of drug-likeness (QED) is 0.297. The van der Waals surface area contributed by atoms with E-state index in [-0.39, 0.29) is 53.7 Å². The van der Waals surface area contributed by atoms with Gasteiger partial charge in [-0.2, -0.15) is 11.8 Å². The zero-order valence-electron chi connectivity index (χ0n) is 24.1. The molecule has 0 unspecified atom stereocenters. The number of nitrogens with two attached hydrogens (primary N) is 1. The van der Waals surface area contributed by atoms with Gasteiger partial charge in [-0.1, -0.05) is 43.2 Å². The minimum atomic E-state index is -1.17. The van der Waals surface area contributed by atoms with E-state index in [0.717, 1.165) is 25.7 Å². The second-order valence-corrected chi connectivity index (χ2v) is 12.6. The number of piperidine rings is 1. The van der Waals surface area contributed by atoms with Gasteiger partial charge in [-0.05, 0) is 49.3 Å². The minimum absolute atomic E-state index is 0.0300. The third-order valence-corrected chi connectivity index (χ3v) is 9.42. The van der Waals surface area contributed by atoms with Crippen molar-refractivity contribution in [1.29, 1.82) is 0 Å². The normalized spacial score (nSPS) is 20.1. The van der Waals surface area contributed by atoms with Crippen molar-refractivity contribution in [2.24, 2.45) is 11.7 Å². The summed E-state index contributed by atoms with van der Waals surface area (Å²) in [6, 6.07) is 13.5. The fraction of sp³-hybridized carbons (Fsp3) is 0.484. The second-order valence-electron chi connectivity index (χ2n) is 11.5. The van der Waals surface area contributed by atoms with E-state index >= 15 is 0 Å². The van der Waals surface area contributed by atoms with E-state index < -0.39 is 17.1 Å². The van der Waals surface area contributed by atoms with Gasteiger partial charge >= 0.3 is 0 Å². The van der Waals surface area contributed by atoms with Crippen molar-refractivity contribution < 1.29 is 19.5 Å². The lowest BCUT2D eigenvalue weighted by Gasteiger charge is -2.41. The maximum absolute atomic E-state index is 13.6. The van der Waals surface area contributed by atoms with Crippen molar-refractivity contribution in [2.45, 2.75) is 63.0 Å². The van der Waals surface area contributed by atoms with E-state index in [0.29, 0.717) is 37.2 Å². The highest BCUT2D eigenvalue weighted by Crippen LogP contribution is 2.39. The largest absolute Gasteiger partial charge is 0.388 e. The molecule has 228 valence electrons. The van der Waals surface area contributed by atoms with Gasteiger partial charge in [0.2, 0.25) is 17.7 Å². The van der Waals surface area contributed by atoms with Gasteiger partial charge in [0, 0.05) is 31.2 Å². The molecule has 0 bridgehead atoms. The summed E-state index contributed by atoms with van der Waals surface area (Å²) in [7, 11) is 0. The van der Waals surface area contributed by atoms with Gasteiger partial charge in [-0.25, -0.2) is 9.97 Å². The molecule has 3 aromatic rings. The number of anilines is 1. The molecule has 3 amide bonds. The van der Waals surface area contributed by atoms with E-state index in [1.165, 1.54) is 28.2 Å². The summed E-state index contributed by atoms with van der Waals surface area (Å²) >= 11 is 1.27. The van der Waals surface area contributed by atoms with Crippen LogP contribution in [0.2, 0.25) is 0 Å². The molecular formula is C31H38N6O5S. The molecule has 1 aliphatic carbocycles. The summed E-state index contributed by atoms with van der Waals surface area (Å²) in [5.74, 6) is 0.367. The highest BCUT2D eigenvalue weighted by atomic mass is 32.2. The lowest BCUT2D eigenvalue weighted by Crippen LogP contribution is -2.51. The number of benzene rings is 1. The Bertz CT molecular complexity index is 1520. The first-order valence-corrected chi connectivity index (χ1v) is 16.0. The van der Waals surface area contributed by atoms with E-state index in [1.54, 1.807) is 12.1 Å². The lowest BCUT2D eigenvalue weighted by atomic mass is 9.74. The number of fused-ring (bicyclic) bond motifs is 1. The molecular weight excluding hydrogens is 568 g/mol. The number of carbonyl (C=O) groups excluding carboxylic acids is 3. The van der Waals surface area contributed by atoms with Crippen LogP contribution in [0.4, 0.5) is 5.82 Å². The molecule has 0 spiro atoms. The number of nitrogens with zero attached hydrogens (tertiary/aromatic N) is 4. The average Bonchev–Trinajstić information content (AvgIpc) is 3.01. The second kappa shape index (κ2) is 13.7. The maximum Gasteiger partial charge on any atom is 0.280 e. The molecule has 0 radical (unpaired) electrons. The first-order valence-electron chi connectivity index (χ1n) is 14.8. The van der Waals surface area contributed by atoms with Crippen molar-refractivity contribution in [3.8, 4) is 0 Å². The van der Waals surface area contributed by atoms with E-state index in [1.807, 2.05) is 23.1 Å². The van der Waals surface area contributed by atoms with Crippen molar-refractivity contribution in [2.75, 3.05) is 29.9 Å². The summed E-state index contributed by atoms with van der Waals surface area (Å²) in [5.41, 5.74) is 5.20. The topological polar surface area (TPSA) is 161 Å². The molecule has 2 atom stereocenters. The third kappa shape index (κ3) is 7.61. The number of primary amides is 1. The van der Waals surface area contributed by atoms with Crippen LogP contribution in [0.25, 0.3) is 11.0 Å². The van der Waals surface area contributed by atoms with Crippen molar-refractivity contribution in [3.05, 3.63) is 64.7 Å². The Morgan fingerprint density at radius 3 is 2.56 bits per heavy atom.